The maximum Gasteiger partial charge on any atom is 0.240 e. The highest BCUT2D eigenvalue weighted by Crippen LogP contribution is 2.30. The molecule has 2 atom stereocenters. The Hall–Kier alpha value is -1.31. The average Bonchev–Trinajstić information content (AvgIpc) is 2.62. The van der Waals surface area contributed by atoms with E-state index in [0.29, 0.717) is 37.2 Å². The summed E-state index contributed by atoms with van der Waals surface area (Å²) in [5.74, 6) is 1.52. The quantitative estimate of drug-likeness (QED) is 0.625. The first-order chi connectivity index (χ1) is 12.5. The molecule has 0 aliphatic heterocycles. The molecule has 1 N–H and O–H groups in total. The van der Waals surface area contributed by atoms with Gasteiger partial charge in [-0.15, -0.1) is 0 Å². The van der Waals surface area contributed by atoms with Crippen molar-refractivity contribution < 1.29 is 22.6 Å². The lowest BCUT2D eigenvalue weighted by Gasteiger charge is -2.28. The SMILES string of the molecule is CCOc1ccc(S(=O)(=O)NCCOC2CCCCC2C)cc1OCC. The molecule has 1 aromatic rings. The zero-order valence-corrected chi connectivity index (χ0v) is 16.8. The minimum absolute atomic E-state index is 0.162. The van der Waals surface area contributed by atoms with Gasteiger partial charge in [0.2, 0.25) is 10.0 Å². The number of ether oxygens (including phenoxy) is 3. The summed E-state index contributed by atoms with van der Waals surface area (Å²) >= 11 is 0. The van der Waals surface area contributed by atoms with Gasteiger partial charge in [-0.05, 0) is 44.7 Å². The number of benzene rings is 1. The van der Waals surface area contributed by atoms with Crippen LogP contribution in [0.2, 0.25) is 0 Å². The summed E-state index contributed by atoms with van der Waals surface area (Å²) in [7, 11) is -3.61. The molecule has 1 fully saturated rings. The van der Waals surface area contributed by atoms with Crippen LogP contribution in [0.3, 0.4) is 0 Å². The fourth-order valence-corrected chi connectivity index (χ4v) is 4.23. The van der Waals surface area contributed by atoms with Gasteiger partial charge in [0, 0.05) is 12.6 Å². The van der Waals surface area contributed by atoms with Crippen molar-refractivity contribution in [2.24, 2.45) is 5.92 Å². The van der Waals surface area contributed by atoms with E-state index in [0.717, 1.165) is 6.42 Å². The first-order valence-electron chi connectivity index (χ1n) is 9.48. The minimum Gasteiger partial charge on any atom is -0.490 e. The van der Waals surface area contributed by atoms with Crippen molar-refractivity contribution in [2.45, 2.75) is 57.5 Å². The van der Waals surface area contributed by atoms with Gasteiger partial charge in [-0.1, -0.05) is 19.8 Å². The molecule has 0 heterocycles. The Labute approximate surface area is 157 Å². The van der Waals surface area contributed by atoms with Crippen LogP contribution in [0.1, 0.15) is 46.5 Å². The molecule has 148 valence electrons. The van der Waals surface area contributed by atoms with Gasteiger partial charge in [0.05, 0.1) is 30.8 Å². The smallest absolute Gasteiger partial charge is 0.240 e. The predicted molar refractivity (Wildman–Crippen MR) is 101 cm³/mol. The molecule has 1 aliphatic carbocycles. The van der Waals surface area contributed by atoms with E-state index in [2.05, 4.69) is 11.6 Å². The molecule has 0 aromatic heterocycles. The van der Waals surface area contributed by atoms with Gasteiger partial charge < -0.3 is 14.2 Å². The number of hydrogen-bond donors (Lipinski definition) is 1. The summed E-state index contributed by atoms with van der Waals surface area (Å²) in [6.45, 7) is 7.47. The third kappa shape index (κ3) is 5.86. The van der Waals surface area contributed by atoms with E-state index in [1.165, 1.54) is 31.4 Å². The Kier molecular flexibility index (Phi) is 8.18. The molecule has 6 nitrogen and oxygen atoms in total. The van der Waals surface area contributed by atoms with Gasteiger partial charge in [-0.3, -0.25) is 0 Å². The van der Waals surface area contributed by atoms with E-state index < -0.39 is 10.0 Å². The Morgan fingerprint density at radius 2 is 1.77 bits per heavy atom. The highest BCUT2D eigenvalue weighted by molar-refractivity contribution is 7.89. The molecule has 26 heavy (non-hydrogen) atoms. The second-order valence-electron chi connectivity index (χ2n) is 6.54. The maximum absolute atomic E-state index is 12.5. The van der Waals surface area contributed by atoms with Gasteiger partial charge >= 0.3 is 0 Å². The van der Waals surface area contributed by atoms with Crippen LogP contribution >= 0.6 is 0 Å². The largest absolute Gasteiger partial charge is 0.490 e. The Morgan fingerprint density at radius 1 is 1.08 bits per heavy atom. The van der Waals surface area contributed by atoms with Crippen molar-refractivity contribution in [3.8, 4) is 11.5 Å². The summed E-state index contributed by atoms with van der Waals surface area (Å²) in [4.78, 5) is 0.162. The summed E-state index contributed by atoms with van der Waals surface area (Å²) < 4.78 is 44.5. The minimum atomic E-state index is -3.61. The molecule has 1 aromatic carbocycles. The van der Waals surface area contributed by atoms with Crippen LogP contribution < -0.4 is 14.2 Å². The highest BCUT2D eigenvalue weighted by atomic mass is 32.2. The van der Waals surface area contributed by atoms with Crippen LogP contribution in [-0.4, -0.2) is 40.9 Å². The Balaban J connectivity index is 1.93. The number of hydrogen-bond acceptors (Lipinski definition) is 5. The number of rotatable bonds is 10. The molecular weight excluding hydrogens is 354 g/mol. The van der Waals surface area contributed by atoms with Gasteiger partial charge in [-0.2, -0.15) is 0 Å². The van der Waals surface area contributed by atoms with Crippen molar-refractivity contribution in [3.63, 3.8) is 0 Å². The van der Waals surface area contributed by atoms with Gasteiger partial charge in [0.1, 0.15) is 0 Å². The molecule has 2 rings (SSSR count). The van der Waals surface area contributed by atoms with E-state index in [1.54, 1.807) is 6.07 Å². The zero-order valence-electron chi connectivity index (χ0n) is 16.0. The first kappa shape index (κ1) is 21.0. The van der Waals surface area contributed by atoms with Crippen molar-refractivity contribution >= 4 is 10.0 Å². The van der Waals surface area contributed by atoms with Crippen LogP contribution in [0.15, 0.2) is 23.1 Å². The van der Waals surface area contributed by atoms with Crippen LogP contribution in [0.5, 0.6) is 11.5 Å². The van der Waals surface area contributed by atoms with Gasteiger partial charge in [0.25, 0.3) is 0 Å². The van der Waals surface area contributed by atoms with Crippen LogP contribution in [0.25, 0.3) is 0 Å². The van der Waals surface area contributed by atoms with Crippen molar-refractivity contribution in [2.75, 3.05) is 26.4 Å². The summed E-state index contributed by atoms with van der Waals surface area (Å²) in [6, 6.07) is 4.66. The fourth-order valence-electron chi connectivity index (χ4n) is 3.20. The van der Waals surface area contributed by atoms with Crippen LogP contribution in [-0.2, 0) is 14.8 Å². The standard InChI is InChI=1S/C19H31NO5S/c1-4-23-18-11-10-16(14-19(18)24-5-2)26(21,22)20-12-13-25-17-9-7-6-8-15(17)3/h10-11,14-15,17,20H,4-9,12-13H2,1-3H3. The third-order valence-electron chi connectivity index (χ3n) is 4.58. The summed E-state index contributed by atoms with van der Waals surface area (Å²) in [6.07, 6.45) is 4.93. The van der Waals surface area contributed by atoms with Crippen molar-refractivity contribution in [1.29, 1.82) is 0 Å². The maximum atomic E-state index is 12.5. The molecule has 0 radical (unpaired) electrons. The lowest BCUT2D eigenvalue weighted by Crippen LogP contribution is -2.31. The number of nitrogens with one attached hydrogen (secondary N) is 1. The van der Waals surface area contributed by atoms with E-state index in [4.69, 9.17) is 14.2 Å². The van der Waals surface area contributed by atoms with E-state index in [9.17, 15) is 8.42 Å². The molecule has 0 bridgehead atoms. The molecule has 7 heteroatoms. The zero-order chi connectivity index (χ0) is 19.0. The molecule has 0 spiro atoms. The number of sulfonamides is 1. The topological polar surface area (TPSA) is 73.9 Å². The van der Waals surface area contributed by atoms with Crippen molar-refractivity contribution in [3.05, 3.63) is 18.2 Å². The molecular formula is C19H31NO5S. The van der Waals surface area contributed by atoms with Gasteiger partial charge in [0.15, 0.2) is 11.5 Å². The molecule has 1 aliphatic rings. The van der Waals surface area contributed by atoms with Gasteiger partial charge in [-0.25, -0.2) is 13.1 Å². The monoisotopic (exact) mass is 385 g/mol. The molecule has 1 saturated carbocycles. The second-order valence-corrected chi connectivity index (χ2v) is 8.31. The Morgan fingerprint density at radius 3 is 2.46 bits per heavy atom. The molecule has 0 saturated heterocycles. The lowest BCUT2D eigenvalue weighted by molar-refractivity contribution is -0.00176. The normalized spacial score (nSPS) is 20.7. The first-order valence-corrected chi connectivity index (χ1v) is 11.0. The third-order valence-corrected chi connectivity index (χ3v) is 6.04. The summed E-state index contributed by atoms with van der Waals surface area (Å²) in [5.41, 5.74) is 0. The van der Waals surface area contributed by atoms with Crippen LogP contribution in [0, 0.1) is 5.92 Å². The Bertz CT molecular complexity index is 662. The average molecular weight is 386 g/mol. The van der Waals surface area contributed by atoms with E-state index in [-0.39, 0.29) is 17.5 Å². The molecule has 2 unspecified atom stereocenters. The lowest BCUT2D eigenvalue weighted by atomic mass is 9.88. The summed E-state index contributed by atoms with van der Waals surface area (Å²) in [5, 5.41) is 0. The molecule has 0 amide bonds. The van der Waals surface area contributed by atoms with E-state index in [1.807, 2.05) is 13.8 Å². The highest BCUT2D eigenvalue weighted by Gasteiger charge is 2.22. The van der Waals surface area contributed by atoms with Crippen LogP contribution in [0.4, 0.5) is 0 Å². The fraction of sp³-hybridized carbons (Fsp3) is 0.684. The van der Waals surface area contributed by atoms with E-state index >= 15 is 0 Å². The predicted octanol–water partition coefficient (Wildman–Crippen LogP) is 3.36. The second kappa shape index (κ2) is 10.1. The van der Waals surface area contributed by atoms with Crippen molar-refractivity contribution in [1.82, 2.24) is 4.72 Å².